The minimum atomic E-state index is -0.266. The van der Waals surface area contributed by atoms with Gasteiger partial charge in [-0.25, -0.2) is 0 Å². The molecule has 3 aromatic rings. The number of hydrogen-bond acceptors (Lipinski definition) is 5. The first kappa shape index (κ1) is 25.9. The number of amides is 1. The highest BCUT2D eigenvalue weighted by molar-refractivity contribution is 14.1. The van der Waals surface area contributed by atoms with Crippen molar-refractivity contribution in [3.63, 3.8) is 0 Å². The molecule has 0 aliphatic carbocycles. The summed E-state index contributed by atoms with van der Waals surface area (Å²) in [5, 5.41) is 10.4. The van der Waals surface area contributed by atoms with Crippen molar-refractivity contribution >= 4 is 51.9 Å². The summed E-state index contributed by atoms with van der Waals surface area (Å²) in [6.45, 7) is 2.85. The van der Waals surface area contributed by atoms with Crippen LogP contribution in [0.5, 0.6) is 11.5 Å². The molecule has 0 bridgehead atoms. The quantitative estimate of drug-likeness (QED) is 0.192. The Hall–Kier alpha value is -3.22. The van der Waals surface area contributed by atoms with Crippen molar-refractivity contribution in [2.45, 2.75) is 6.61 Å². The van der Waals surface area contributed by atoms with Gasteiger partial charge in [0.05, 0.1) is 10.7 Å². The molecule has 1 heterocycles. The third-order valence-electron chi connectivity index (χ3n) is 5.93. The topological polar surface area (TPSA) is 65.8 Å². The van der Waals surface area contributed by atoms with E-state index >= 15 is 0 Å². The van der Waals surface area contributed by atoms with Crippen LogP contribution >= 0.6 is 34.2 Å². The van der Waals surface area contributed by atoms with Crippen LogP contribution in [0.2, 0.25) is 5.02 Å². The number of anilines is 1. The molecule has 4 rings (SSSR count). The molecule has 0 aromatic heterocycles. The zero-order chi connectivity index (χ0) is 25.5. The van der Waals surface area contributed by atoms with Crippen LogP contribution in [0.3, 0.4) is 0 Å². The monoisotopic (exact) mass is 613 g/mol. The molecule has 0 radical (unpaired) electrons. The van der Waals surface area contributed by atoms with Gasteiger partial charge in [0.15, 0.2) is 11.5 Å². The Morgan fingerprint density at radius 2 is 1.78 bits per heavy atom. The van der Waals surface area contributed by atoms with E-state index in [0.29, 0.717) is 35.2 Å². The fraction of sp³-hybridized carbons (Fsp3) is 0.214. The van der Waals surface area contributed by atoms with E-state index in [9.17, 15) is 10.1 Å². The van der Waals surface area contributed by atoms with Crippen molar-refractivity contribution in [2.75, 3.05) is 38.2 Å². The average Bonchev–Trinajstić information content (AvgIpc) is 2.92. The summed E-state index contributed by atoms with van der Waals surface area (Å²) in [7, 11) is 1.56. The van der Waals surface area contributed by atoms with Gasteiger partial charge in [0.2, 0.25) is 0 Å². The average molecular weight is 614 g/mol. The van der Waals surface area contributed by atoms with Gasteiger partial charge in [-0.2, -0.15) is 5.26 Å². The number of methoxy groups -OCH3 is 1. The largest absolute Gasteiger partial charge is 0.493 e. The number of piperazine rings is 1. The minimum Gasteiger partial charge on any atom is -0.493 e. The van der Waals surface area contributed by atoms with Crippen LogP contribution in [-0.2, 0) is 11.4 Å². The number of carbonyl (C=O) groups excluding carboxylic acids is 1. The summed E-state index contributed by atoms with van der Waals surface area (Å²) in [5.74, 6) is 0.830. The van der Waals surface area contributed by atoms with Crippen molar-refractivity contribution in [1.82, 2.24) is 4.90 Å². The molecule has 0 unspecified atom stereocenters. The summed E-state index contributed by atoms with van der Waals surface area (Å²) in [6.07, 6.45) is 1.61. The van der Waals surface area contributed by atoms with Gasteiger partial charge in [-0.1, -0.05) is 48.0 Å². The second kappa shape index (κ2) is 12.2. The van der Waals surface area contributed by atoms with Crippen LogP contribution < -0.4 is 14.4 Å². The number of para-hydroxylation sites is 1. The van der Waals surface area contributed by atoms with Crippen molar-refractivity contribution < 1.29 is 14.3 Å². The molecule has 36 heavy (non-hydrogen) atoms. The molecule has 3 aromatic carbocycles. The number of hydrogen-bond donors (Lipinski definition) is 0. The lowest BCUT2D eigenvalue weighted by atomic mass is 10.1. The molecule has 184 valence electrons. The van der Waals surface area contributed by atoms with Crippen molar-refractivity contribution in [3.8, 4) is 17.6 Å². The maximum Gasteiger partial charge on any atom is 0.264 e. The molecule has 0 N–H and O–H groups in total. The first-order valence-corrected chi connectivity index (χ1v) is 12.9. The first-order valence-electron chi connectivity index (χ1n) is 11.4. The number of nitrogens with zero attached hydrogens (tertiary/aromatic N) is 3. The Morgan fingerprint density at radius 3 is 2.44 bits per heavy atom. The lowest BCUT2D eigenvalue weighted by molar-refractivity contribution is -0.126. The fourth-order valence-electron chi connectivity index (χ4n) is 4.01. The highest BCUT2D eigenvalue weighted by Gasteiger charge is 2.24. The summed E-state index contributed by atoms with van der Waals surface area (Å²) < 4.78 is 12.4. The number of ether oxygens (including phenoxy) is 2. The lowest BCUT2D eigenvalue weighted by Crippen LogP contribution is -2.49. The Bertz CT molecular complexity index is 1300. The van der Waals surface area contributed by atoms with Crippen LogP contribution in [0.15, 0.2) is 72.3 Å². The number of rotatable bonds is 7. The van der Waals surface area contributed by atoms with Crippen LogP contribution in [0.4, 0.5) is 5.69 Å². The summed E-state index contributed by atoms with van der Waals surface area (Å²) in [6, 6.07) is 23.3. The second-order valence-corrected chi connectivity index (χ2v) is 9.77. The molecule has 1 fully saturated rings. The van der Waals surface area contributed by atoms with E-state index in [1.54, 1.807) is 24.2 Å². The predicted octanol–water partition coefficient (Wildman–Crippen LogP) is 5.79. The zero-order valence-corrected chi connectivity index (χ0v) is 22.7. The van der Waals surface area contributed by atoms with Crippen LogP contribution in [0.1, 0.15) is 11.1 Å². The Balaban J connectivity index is 1.47. The highest BCUT2D eigenvalue weighted by Crippen LogP contribution is 2.35. The van der Waals surface area contributed by atoms with Crippen molar-refractivity contribution in [2.24, 2.45) is 0 Å². The number of halogens is 2. The van der Waals surface area contributed by atoms with E-state index in [1.807, 2.05) is 48.5 Å². The van der Waals surface area contributed by atoms with Gasteiger partial charge < -0.3 is 19.3 Å². The Labute approximate surface area is 229 Å². The number of nitriles is 1. The normalized spacial score (nSPS) is 13.8. The zero-order valence-electron chi connectivity index (χ0n) is 19.8. The standard InChI is InChI=1S/C28H25ClIN3O3/c1-35-26-17-20(16-25(30)27(26)36-19-21-7-5-6-10-24(21)29)15-22(18-31)28(34)33-13-11-32(12-14-33)23-8-3-2-4-9-23/h2-10,15-17H,11-14,19H2,1H3/b22-15-. The molecule has 1 aliphatic rings. The lowest BCUT2D eigenvalue weighted by Gasteiger charge is -2.36. The number of benzene rings is 3. The van der Waals surface area contributed by atoms with E-state index in [2.05, 4.69) is 45.7 Å². The molecule has 8 heteroatoms. The molecule has 1 aliphatic heterocycles. The molecular formula is C28H25ClIN3O3. The smallest absolute Gasteiger partial charge is 0.264 e. The van der Waals surface area contributed by atoms with Gasteiger partial charge in [0.1, 0.15) is 18.2 Å². The van der Waals surface area contributed by atoms with Crippen molar-refractivity contribution in [3.05, 3.63) is 92.0 Å². The molecular weight excluding hydrogens is 589 g/mol. The minimum absolute atomic E-state index is 0.0887. The van der Waals surface area contributed by atoms with Crippen LogP contribution in [0.25, 0.3) is 6.08 Å². The van der Waals surface area contributed by atoms with Crippen LogP contribution in [-0.4, -0.2) is 44.1 Å². The van der Waals surface area contributed by atoms with Crippen LogP contribution in [0, 0.1) is 14.9 Å². The molecule has 1 amide bonds. The second-order valence-electron chi connectivity index (χ2n) is 8.20. The summed E-state index contributed by atoms with van der Waals surface area (Å²) in [4.78, 5) is 17.1. The number of carbonyl (C=O) groups is 1. The van der Waals surface area contributed by atoms with E-state index in [-0.39, 0.29) is 18.1 Å². The van der Waals surface area contributed by atoms with E-state index < -0.39 is 0 Å². The molecule has 6 nitrogen and oxygen atoms in total. The molecule has 0 saturated carbocycles. The molecule has 1 saturated heterocycles. The van der Waals surface area contributed by atoms with Gasteiger partial charge in [0, 0.05) is 42.5 Å². The molecule has 0 spiro atoms. The van der Waals surface area contributed by atoms with Crippen molar-refractivity contribution in [1.29, 1.82) is 5.26 Å². The van der Waals surface area contributed by atoms with Gasteiger partial charge in [0.25, 0.3) is 5.91 Å². The molecule has 0 atom stereocenters. The maximum absolute atomic E-state index is 13.1. The third-order valence-corrected chi connectivity index (χ3v) is 7.10. The SMILES string of the molecule is COc1cc(/C=C(/C#N)C(=O)N2CCN(c3ccccc3)CC2)cc(I)c1OCc1ccccc1Cl. The predicted molar refractivity (Wildman–Crippen MR) is 150 cm³/mol. The first-order chi connectivity index (χ1) is 17.5. The van der Waals surface area contributed by atoms with E-state index in [4.69, 9.17) is 21.1 Å². The van der Waals surface area contributed by atoms with Gasteiger partial charge in [-0.15, -0.1) is 0 Å². The van der Waals surface area contributed by atoms with E-state index in [1.165, 1.54) is 0 Å². The Morgan fingerprint density at radius 1 is 1.08 bits per heavy atom. The summed E-state index contributed by atoms with van der Waals surface area (Å²) >= 11 is 8.41. The maximum atomic E-state index is 13.1. The van der Waals surface area contributed by atoms with Gasteiger partial charge in [-0.05, 0) is 64.6 Å². The third kappa shape index (κ3) is 6.12. The van der Waals surface area contributed by atoms with E-state index in [0.717, 1.165) is 27.9 Å². The summed E-state index contributed by atoms with van der Waals surface area (Å²) in [5.41, 5.74) is 2.78. The van der Waals surface area contributed by atoms with Gasteiger partial charge >= 0.3 is 0 Å². The Kier molecular flexibility index (Phi) is 8.73. The fourth-order valence-corrected chi connectivity index (χ4v) is 4.99. The highest BCUT2D eigenvalue weighted by atomic mass is 127. The van der Waals surface area contributed by atoms with Gasteiger partial charge in [-0.3, -0.25) is 4.79 Å².